The maximum atomic E-state index is 5.79. The van der Waals surface area contributed by atoms with E-state index in [0.29, 0.717) is 0 Å². The lowest BCUT2D eigenvalue weighted by Gasteiger charge is -2.28. The summed E-state index contributed by atoms with van der Waals surface area (Å²) in [6, 6.07) is 0. The fourth-order valence-corrected chi connectivity index (χ4v) is 4.16. The highest BCUT2D eigenvalue weighted by molar-refractivity contribution is 7.15. The number of rotatable bonds is 0. The molecule has 0 radical (unpaired) electrons. The van der Waals surface area contributed by atoms with Crippen LogP contribution in [-0.4, -0.2) is 4.98 Å². The molecule has 2 atom stereocenters. The SMILES string of the molecule is Nc1nc2c(s1)CC1CCCCCC1C2. The molecule has 82 valence electrons. The minimum atomic E-state index is 0.774. The van der Waals surface area contributed by atoms with Crippen LogP contribution in [0, 0.1) is 11.8 Å². The Morgan fingerprint density at radius 3 is 2.60 bits per heavy atom. The zero-order chi connectivity index (χ0) is 10.3. The number of nitrogen functional groups attached to an aromatic ring is 1. The van der Waals surface area contributed by atoms with E-state index in [4.69, 9.17) is 5.73 Å². The van der Waals surface area contributed by atoms with Gasteiger partial charge in [-0.15, -0.1) is 11.3 Å². The molecule has 1 aromatic heterocycles. The molecule has 2 N–H and O–H groups in total. The molecule has 0 amide bonds. The molecule has 1 fully saturated rings. The highest BCUT2D eigenvalue weighted by atomic mass is 32.1. The fraction of sp³-hybridized carbons (Fsp3) is 0.750. The molecule has 2 nitrogen and oxygen atoms in total. The van der Waals surface area contributed by atoms with Gasteiger partial charge in [-0.05, 0) is 37.5 Å². The van der Waals surface area contributed by atoms with Crippen molar-refractivity contribution < 1.29 is 0 Å². The van der Waals surface area contributed by atoms with Crippen LogP contribution in [0.3, 0.4) is 0 Å². The minimum absolute atomic E-state index is 0.774. The Kier molecular flexibility index (Phi) is 2.43. The van der Waals surface area contributed by atoms with Crippen molar-refractivity contribution in [3.8, 4) is 0 Å². The van der Waals surface area contributed by atoms with Gasteiger partial charge in [0.1, 0.15) is 0 Å². The Morgan fingerprint density at radius 2 is 1.80 bits per heavy atom. The van der Waals surface area contributed by atoms with Crippen molar-refractivity contribution in [2.45, 2.75) is 44.9 Å². The third kappa shape index (κ3) is 1.78. The average molecular weight is 222 g/mol. The van der Waals surface area contributed by atoms with Crippen molar-refractivity contribution in [1.29, 1.82) is 0 Å². The Bertz CT molecular complexity index is 327. The summed E-state index contributed by atoms with van der Waals surface area (Å²) in [6.07, 6.45) is 9.61. The van der Waals surface area contributed by atoms with E-state index in [9.17, 15) is 0 Å². The lowest BCUT2D eigenvalue weighted by atomic mass is 9.78. The van der Waals surface area contributed by atoms with E-state index >= 15 is 0 Å². The molecule has 3 heteroatoms. The minimum Gasteiger partial charge on any atom is -0.375 e. The van der Waals surface area contributed by atoms with Crippen molar-refractivity contribution in [1.82, 2.24) is 4.98 Å². The second-order valence-corrected chi connectivity index (χ2v) is 6.10. The molecular formula is C12H18N2S. The number of hydrogen-bond acceptors (Lipinski definition) is 3. The molecular weight excluding hydrogens is 204 g/mol. The van der Waals surface area contributed by atoms with Gasteiger partial charge in [0.2, 0.25) is 0 Å². The number of aromatic nitrogens is 1. The second kappa shape index (κ2) is 3.78. The first-order valence-electron chi connectivity index (χ1n) is 6.07. The van der Waals surface area contributed by atoms with E-state index < -0.39 is 0 Å². The van der Waals surface area contributed by atoms with E-state index in [1.807, 2.05) is 0 Å². The third-order valence-electron chi connectivity index (χ3n) is 4.01. The molecule has 0 bridgehead atoms. The maximum absolute atomic E-state index is 5.79. The monoisotopic (exact) mass is 222 g/mol. The molecule has 2 aliphatic carbocycles. The number of nitrogens with zero attached hydrogens (tertiary/aromatic N) is 1. The van der Waals surface area contributed by atoms with Gasteiger partial charge in [-0.3, -0.25) is 0 Å². The fourth-order valence-electron chi connectivity index (χ4n) is 3.21. The Morgan fingerprint density at radius 1 is 1.07 bits per heavy atom. The van der Waals surface area contributed by atoms with E-state index in [1.165, 1.54) is 55.5 Å². The molecule has 0 saturated heterocycles. The molecule has 3 rings (SSSR count). The first-order valence-corrected chi connectivity index (χ1v) is 6.88. The van der Waals surface area contributed by atoms with Crippen molar-refractivity contribution >= 4 is 16.5 Å². The molecule has 1 saturated carbocycles. The zero-order valence-electron chi connectivity index (χ0n) is 9.04. The van der Waals surface area contributed by atoms with Crippen LogP contribution in [0.2, 0.25) is 0 Å². The standard InChI is InChI=1S/C12H18N2S/c13-12-14-10-6-8-4-2-1-3-5-9(8)7-11(10)15-12/h8-9H,1-7H2,(H2,13,14). The van der Waals surface area contributed by atoms with Crippen LogP contribution in [0.15, 0.2) is 0 Å². The van der Waals surface area contributed by atoms with Gasteiger partial charge < -0.3 is 5.73 Å². The molecule has 1 heterocycles. The highest BCUT2D eigenvalue weighted by Crippen LogP contribution is 2.40. The molecule has 15 heavy (non-hydrogen) atoms. The largest absolute Gasteiger partial charge is 0.375 e. The van der Waals surface area contributed by atoms with Gasteiger partial charge in [-0.2, -0.15) is 0 Å². The first-order chi connectivity index (χ1) is 7.33. The van der Waals surface area contributed by atoms with E-state index in [0.717, 1.165) is 17.0 Å². The van der Waals surface area contributed by atoms with Crippen molar-refractivity contribution in [3.05, 3.63) is 10.6 Å². The predicted molar refractivity (Wildman–Crippen MR) is 64.0 cm³/mol. The Labute approximate surface area is 94.9 Å². The predicted octanol–water partition coefficient (Wildman–Crippen LogP) is 3.02. The van der Waals surface area contributed by atoms with Gasteiger partial charge in [0.15, 0.2) is 5.13 Å². The quantitative estimate of drug-likeness (QED) is 0.733. The number of fused-ring (bicyclic) bond motifs is 2. The van der Waals surface area contributed by atoms with Crippen LogP contribution in [0.4, 0.5) is 5.13 Å². The Balaban J connectivity index is 1.87. The highest BCUT2D eigenvalue weighted by Gasteiger charge is 2.31. The van der Waals surface area contributed by atoms with Crippen LogP contribution in [0.25, 0.3) is 0 Å². The maximum Gasteiger partial charge on any atom is 0.180 e. The molecule has 1 aromatic rings. The number of nitrogens with two attached hydrogens (primary N) is 1. The molecule has 0 aliphatic heterocycles. The van der Waals surface area contributed by atoms with E-state index in [1.54, 1.807) is 11.3 Å². The smallest absolute Gasteiger partial charge is 0.180 e. The topological polar surface area (TPSA) is 38.9 Å². The van der Waals surface area contributed by atoms with Gasteiger partial charge in [-0.25, -0.2) is 4.98 Å². The number of thiazole rings is 1. The van der Waals surface area contributed by atoms with Crippen molar-refractivity contribution in [2.75, 3.05) is 5.73 Å². The summed E-state index contributed by atoms with van der Waals surface area (Å²) in [4.78, 5) is 5.95. The van der Waals surface area contributed by atoms with E-state index in [2.05, 4.69) is 4.98 Å². The zero-order valence-corrected chi connectivity index (χ0v) is 9.85. The van der Waals surface area contributed by atoms with E-state index in [-0.39, 0.29) is 0 Å². The summed E-state index contributed by atoms with van der Waals surface area (Å²) in [6.45, 7) is 0. The van der Waals surface area contributed by atoms with Crippen LogP contribution < -0.4 is 5.73 Å². The summed E-state index contributed by atoms with van der Waals surface area (Å²) in [7, 11) is 0. The number of anilines is 1. The van der Waals surface area contributed by atoms with Crippen LogP contribution in [0.1, 0.15) is 42.7 Å². The van der Waals surface area contributed by atoms with Crippen LogP contribution >= 0.6 is 11.3 Å². The van der Waals surface area contributed by atoms with Gasteiger partial charge >= 0.3 is 0 Å². The number of hydrogen-bond donors (Lipinski definition) is 1. The van der Waals surface area contributed by atoms with Crippen LogP contribution in [-0.2, 0) is 12.8 Å². The third-order valence-corrected chi connectivity index (χ3v) is 4.96. The molecule has 0 aromatic carbocycles. The van der Waals surface area contributed by atoms with Gasteiger partial charge in [-0.1, -0.05) is 19.3 Å². The first kappa shape index (κ1) is 9.64. The molecule has 2 aliphatic rings. The summed E-state index contributed by atoms with van der Waals surface area (Å²) >= 11 is 1.72. The van der Waals surface area contributed by atoms with Crippen LogP contribution in [0.5, 0.6) is 0 Å². The summed E-state index contributed by atoms with van der Waals surface area (Å²) in [5, 5.41) is 0.774. The Hall–Kier alpha value is -0.570. The molecule has 0 spiro atoms. The molecule has 2 unspecified atom stereocenters. The average Bonchev–Trinajstić information content (AvgIpc) is 2.44. The second-order valence-electron chi connectivity index (χ2n) is 4.99. The normalized spacial score (nSPS) is 30.4. The van der Waals surface area contributed by atoms with Crippen molar-refractivity contribution in [3.63, 3.8) is 0 Å². The summed E-state index contributed by atoms with van der Waals surface area (Å²) in [5.41, 5.74) is 7.11. The van der Waals surface area contributed by atoms with Gasteiger partial charge in [0.25, 0.3) is 0 Å². The van der Waals surface area contributed by atoms with Gasteiger partial charge in [0.05, 0.1) is 5.69 Å². The summed E-state index contributed by atoms with van der Waals surface area (Å²) < 4.78 is 0. The van der Waals surface area contributed by atoms with Gasteiger partial charge in [0, 0.05) is 4.88 Å². The summed E-state index contributed by atoms with van der Waals surface area (Å²) in [5.74, 6) is 1.83. The lowest BCUT2D eigenvalue weighted by molar-refractivity contribution is 0.291. The van der Waals surface area contributed by atoms with Crippen molar-refractivity contribution in [2.24, 2.45) is 11.8 Å². The lowest BCUT2D eigenvalue weighted by Crippen LogP contribution is -2.23.